The van der Waals surface area contributed by atoms with E-state index in [-0.39, 0.29) is 11.1 Å². The van der Waals surface area contributed by atoms with E-state index in [1.807, 2.05) is 0 Å². The molecule has 158 valence electrons. The fourth-order valence-corrected chi connectivity index (χ4v) is 2.81. The Labute approximate surface area is 170 Å². The third kappa shape index (κ3) is 4.80. The van der Waals surface area contributed by atoms with Gasteiger partial charge in [0.1, 0.15) is 12.7 Å². The second-order valence-electron chi connectivity index (χ2n) is 6.45. The number of ether oxygens (including phenoxy) is 4. The van der Waals surface area contributed by atoms with Gasteiger partial charge in [0, 0.05) is 6.92 Å². The Bertz CT molecular complexity index is 902. The average Bonchev–Trinajstić information content (AvgIpc) is 2.96. The molecule has 3 rings (SSSR count). The first kappa shape index (κ1) is 21.4. The van der Waals surface area contributed by atoms with E-state index in [2.05, 4.69) is 4.74 Å². The molecule has 9 heteroatoms. The first-order valence-electron chi connectivity index (χ1n) is 8.97. The fourth-order valence-electron chi connectivity index (χ4n) is 2.81. The van der Waals surface area contributed by atoms with Crippen molar-refractivity contribution in [2.75, 3.05) is 6.61 Å². The van der Waals surface area contributed by atoms with Gasteiger partial charge in [-0.1, -0.05) is 36.4 Å². The van der Waals surface area contributed by atoms with E-state index < -0.39 is 48.9 Å². The minimum absolute atomic E-state index is 0.0456. The Morgan fingerprint density at radius 1 is 0.900 bits per heavy atom. The summed E-state index contributed by atoms with van der Waals surface area (Å²) in [5, 5.41) is 0. The number of rotatable bonds is 6. The molecule has 0 saturated carbocycles. The quantitative estimate of drug-likeness (QED) is 0.524. The van der Waals surface area contributed by atoms with E-state index in [4.69, 9.17) is 14.2 Å². The lowest BCUT2D eigenvalue weighted by atomic mass is 10.1. The highest BCUT2D eigenvalue weighted by Gasteiger charge is 2.63. The number of hydrogen-bond donors (Lipinski definition) is 0. The molecule has 0 N–H and O–H groups in total. The van der Waals surface area contributed by atoms with Gasteiger partial charge in [-0.05, 0) is 24.3 Å². The third-order valence-electron chi connectivity index (χ3n) is 4.23. The van der Waals surface area contributed by atoms with Crippen molar-refractivity contribution >= 4 is 17.9 Å². The van der Waals surface area contributed by atoms with Gasteiger partial charge in [-0.3, -0.25) is 4.79 Å². The summed E-state index contributed by atoms with van der Waals surface area (Å²) in [6.07, 6.45) is -5.98. The largest absolute Gasteiger partial charge is 0.459 e. The minimum atomic E-state index is -3.86. The van der Waals surface area contributed by atoms with E-state index in [1.54, 1.807) is 36.4 Å². The molecule has 0 amide bonds. The van der Waals surface area contributed by atoms with Crippen LogP contribution in [0.5, 0.6) is 0 Å². The van der Waals surface area contributed by atoms with Crippen LogP contribution < -0.4 is 0 Å². The number of benzene rings is 2. The summed E-state index contributed by atoms with van der Waals surface area (Å²) in [7, 11) is 0. The second-order valence-corrected chi connectivity index (χ2v) is 6.45. The molecule has 1 heterocycles. The minimum Gasteiger partial charge on any atom is -0.459 e. The van der Waals surface area contributed by atoms with Crippen LogP contribution in [0.4, 0.5) is 8.78 Å². The lowest BCUT2D eigenvalue weighted by molar-refractivity contribution is -0.222. The Morgan fingerprint density at radius 3 is 1.97 bits per heavy atom. The van der Waals surface area contributed by atoms with Crippen molar-refractivity contribution in [1.29, 1.82) is 0 Å². The summed E-state index contributed by atoms with van der Waals surface area (Å²) in [6.45, 7) is 0.293. The zero-order valence-corrected chi connectivity index (χ0v) is 15.8. The molecule has 2 aromatic rings. The normalized spacial score (nSPS) is 22.2. The van der Waals surface area contributed by atoms with Gasteiger partial charge < -0.3 is 18.9 Å². The summed E-state index contributed by atoms with van der Waals surface area (Å²) in [6, 6.07) is 15.4. The van der Waals surface area contributed by atoms with Crippen molar-refractivity contribution in [3.63, 3.8) is 0 Å². The van der Waals surface area contributed by atoms with Gasteiger partial charge in [0.2, 0.25) is 6.10 Å². The maximum absolute atomic E-state index is 14.8. The summed E-state index contributed by atoms with van der Waals surface area (Å²) in [4.78, 5) is 35.6. The summed E-state index contributed by atoms with van der Waals surface area (Å²) < 4.78 is 49.2. The Morgan fingerprint density at radius 2 is 1.43 bits per heavy atom. The van der Waals surface area contributed by atoms with Crippen LogP contribution in [0.1, 0.15) is 27.6 Å². The first-order chi connectivity index (χ1) is 14.3. The van der Waals surface area contributed by atoms with Crippen molar-refractivity contribution in [2.45, 2.75) is 31.3 Å². The highest BCUT2D eigenvalue weighted by atomic mass is 19.3. The molecule has 1 fully saturated rings. The number of carbonyl (C=O) groups excluding carboxylic acids is 3. The van der Waals surface area contributed by atoms with Gasteiger partial charge in [-0.25, -0.2) is 9.59 Å². The lowest BCUT2D eigenvalue weighted by Crippen LogP contribution is -2.45. The van der Waals surface area contributed by atoms with E-state index in [0.717, 1.165) is 6.92 Å². The van der Waals surface area contributed by atoms with Crippen LogP contribution in [-0.2, 0) is 23.7 Å². The maximum atomic E-state index is 14.8. The van der Waals surface area contributed by atoms with E-state index >= 15 is 0 Å². The van der Waals surface area contributed by atoms with Crippen LogP contribution in [-0.4, -0.2) is 48.9 Å². The molecule has 0 spiro atoms. The van der Waals surface area contributed by atoms with Crippen molar-refractivity contribution in [3.8, 4) is 0 Å². The van der Waals surface area contributed by atoms with Crippen molar-refractivity contribution in [3.05, 3.63) is 71.8 Å². The zero-order chi connectivity index (χ0) is 21.7. The summed E-state index contributed by atoms with van der Waals surface area (Å²) in [5.41, 5.74) is 0.251. The monoisotopic (exact) mass is 420 g/mol. The van der Waals surface area contributed by atoms with E-state index in [0.29, 0.717) is 0 Å². The molecule has 0 aromatic heterocycles. The van der Waals surface area contributed by atoms with Crippen LogP contribution >= 0.6 is 0 Å². The summed E-state index contributed by atoms with van der Waals surface area (Å²) in [5.74, 6) is -6.66. The molecule has 7 nitrogen and oxygen atoms in total. The molecule has 2 aromatic carbocycles. The summed E-state index contributed by atoms with van der Waals surface area (Å²) >= 11 is 0. The molecular formula is C21H18F2O7. The second kappa shape index (κ2) is 9.00. The molecule has 1 aliphatic rings. The molecule has 1 saturated heterocycles. The molecule has 30 heavy (non-hydrogen) atoms. The molecule has 0 aliphatic carbocycles. The molecule has 0 radical (unpaired) electrons. The molecule has 3 atom stereocenters. The predicted octanol–water partition coefficient (Wildman–Crippen LogP) is 2.99. The predicted molar refractivity (Wildman–Crippen MR) is 97.7 cm³/mol. The number of esters is 3. The fraction of sp³-hybridized carbons (Fsp3) is 0.286. The third-order valence-corrected chi connectivity index (χ3v) is 4.23. The van der Waals surface area contributed by atoms with Gasteiger partial charge in [0.15, 0.2) is 0 Å². The van der Waals surface area contributed by atoms with Crippen LogP contribution in [0.15, 0.2) is 60.7 Å². The molecule has 1 aliphatic heterocycles. The topological polar surface area (TPSA) is 88.1 Å². The standard InChI is InChI=1S/C21H18F2O7/c1-13(24)28-20-21(22,23)17(30-19(26)15-10-6-3-7-11-15)16(29-20)12-27-18(25)14-8-4-2-5-9-14/h2-11,16-17,20H,12H2,1H3/t16-,17?,20-/m1/s1. The highest BCUT2D eigenvalue weighted by Crippen LogP contribution is 2.39. The molecule has 1 unspecified atom stereocenters. The number of carbonyl (C=O) groups is 3. The number of hydrogen-bond acceptors (Lipinski definition) is 7. The van der Waals surface area contributed by atoms with Gasteiger partial charge in [0.25, 0.3) is 6.29 Å². The molecule has 0 bridgehead atoms. The maximum Gasteiger partial charge on any atom is 0.347 e. The van der Waals surface area contributed by atoms with Crippen LogP contribution in [0.2, 0.25) is 0 Å². The van der Waals surface area contributed by atoms with E-state index in [1.165, 1.54) is 24.3 Å². The molecular weight excluding hydrogens is 402 g/mol. The van der Waals surface area contributed by atoms with Crippen molar-refractivity contribution in [1.82, 2.24) is 0 Å². The zero-order valence-electron chi connectivity index (χ0n) is 15.8. The van der Waals surface area contributed by atoms with Crippen molar-refractivity contribution in [2.24, 2.45) is 0 Å². The van der Waals surface area contributed by atoms with Gasteiger partial charge in [-0.2, -0.15) is 8.78 Å². The smallest absolute Gasteiger partial charge is 0.347 e. The first-order valence-corrected chi connectivity index (χ1v) is 8.97. The Hall–Kier alpha value is -3.33. The number of halogens is 2. The SMILES string of the molecule is CC(=O)O[C@@H]1O[C@H](COC(=O)c2ccccc2)C(OC(=O)c2ccccc2)C1(F)F. The Balaban J connectivity index is 1.76. The average molecular weight is 420 g/mol. The highest BCUT2D eigenvalue weighted by molar-refractivity contribution is 5.90. The lowest BCUT2D eigenvalue weighted by Gasteiger charge is -2.23. The Kier molecular flexibility index (Phi) is 6.41. The van der Waals surface area contributed by atoms with Crippen LogP contribution in [0.3, 0.4) is 0 Å². The van der Waals surface area contributed by atoms with E-state index in [9.17, 15) is 23.2 Å². The van der Waals surface area contributed by atoms with Gasteiger partial charge in [0.05, 0.1) is 11.1 Å². The van der Waals surface area contributed by atoms with Gasteiger partial charge >= 0.3 is 23.8 Å². The van der Waals surface area contributed by atoms with Crippen LogP contribution in [0.25, 0.3) is 0 Å². The van der Waals surface area contributed by atoms with Crippen LogP contribution in [0, 0.1) is 0 Å². The van der Waals surface area contributed by atoms with Crippen molar-refractivity contribution < 1.29 is 42.1 Å². The van der Waals surface area contributed by atoms with Gasteiger partial charge in [-0.15, -0.1) is 0 Å². The number of alkyl halides is 2.